The number of phenols is 1. The maximum Gasteiger partial charge on any atom is 0.191 e. The van der Waals surface area contributed by atoms with Crippen LogP contribution in [0.2, 0.25) is 0 Å². The molecular formula is C27H25N3O2S. The summed E-state index contributed by atoms with van der Waals surface area (Å²) >= 11 is 1.56. The largest absolute Gasteiger partial charge is 0.507 e. The van der Waals surface area contributed by atoms with E-state index in [1.54, 1.807) is 23.9 Å². The number of aryl methyl sites for hydroxylation is 1. The van der Waals surface area contributed by atoms with Crippen LogP contribution in [0.3, 0.4) is 0 Å². The third kappa shape index (κ3) is 4.18. The highest BCUT2D eigenvalue weighted by atomic mass is 32.2. The van der Waals surface area contributed by atoms with E-state index in [4.69, 9.17) is 14.7 Å². The lowest BCUT2D eigenvalue weighted by molar-refractivity contribution is 0.338. The zero-order valence-electron chi connectivity index (χ0n) is 18.7. The van der Waals surface area contributed by atoms with Crippen molar-refractivity contribution >= 4 is 28.6 Å². The Morgan fingerprint density at radius 1 is 0.970 bits per heavy atom. The van der Waals surface area contributed by atoms with Crippen molar-refractivity contribution in [3.05, 3.63) is 65.7 Å². The average Bonchev–Trinajstić information content (AvgIpc) is 2.84. The van der Waals surface area contributed by atoms with E-state index in [9.17, 15) is 5.11 Å². The molecular weight excluding hydrogens is 430 g/mol. The summed E-state index contributed by atoms with van der Waals surface area (Å²) in [6, 6.07) is 15.9. The Hall–Kier alpha value is -3.38. The van der Waals surface area contributed by atoms with E-state index >= 15 is 0 Å². The Bertz CT molecular complexity index is 1370. The first kappa shape index (κ1) is 21.5. The molecule has 3 aromatic carbocycles. The molecule has 5 rings (SSSR count). The molecule has 0 radical (unpaired) electrons. The van der Waals surface area contributed by atoms with Gasteiger partial charge in [0.1, 0.15) is 11.5 Å². The van der Waals surface area contributed by atoms with Crippen LogP contribution in [0.4, 0.5) is 0 Å². The third-order valence-corrected chi connectivity index (χ3v) is 6.43. The second kappa shape index (κ2) is 9.24. The van der Waals surface area contributed by atoms with Crippen LogP contribution in [0.5, 0.6) is 11.5 Å². The van der Waals surface area contributed by atoms with Crippen molar-refractivity contribution < 1.29 is 9.84 Å². The van der Waals surface area contributed by atoms with E-state index in [2.05, 4.69) is 54.4 Å². The van der Waals surface area contributed by atoms with Gasteiger partial charge in [0, 0.05) is 11.6 Å². The van der Waals surface area contributed by atoms with Crippen molar-refractivity contribution in [1.82, 2.24) is 15.0 Å². The molecule has 33 heavy (non-hydrogen) atoms. The lowest BCUT2D eigenvalue weighted by atomic mass is 9.88. The minimum absolute atomic E-state index is 0.0889. The standard InChI is InChI=1S/C27H25N3O2S/c1-3-32-18-13-14-22(24(31)16-18)25-28-26(30-27(29-25)33-4-2)23-15-17-9-5-6-10-19(17)20-11-7-8-12-21(20)23/h5-6,8-10,12-16,31H,3-4,7,11H2,1-2H3. The maximum absolute atomic E-state index is 10.7. The number of rotatable bonds is 6. The van der Waals surface area contributed by atoms with Crippen molar-refractivity contribution in [2.45, 2.75) is 31.8 Å². The Morgan fingerprint density at radius 2 is 1.79 bits per heavy atom. The summed E-state index contributed by atoms with van der Waals surface area (Å²) < 4.78 is 5.51. The summed E-state index contributed by atoms with van der Waals surface area (Å²) in [5.41, 5.74) is 4.05. The first-order valence-corrected chi connectivity index (χ1v) is 12.2. The smallest absolute Gasteiger partial charge is 0.191 e. The second-order valence-electron chi connectivity index (χ2n) is 7.79. The molecule has 1 aromatic heterocycles. The summed E-state index contributed by atoms with van der Waals surface area (Å²) in [6.45, 7) is 4.52. The highest BCUT2D eigenvalue weighted by Gasteiger charge is 2.20. The summed E-state index contributed by atoms with van der Waals surface area (Å²) in [6.07, 6.45) is 6.42. The number of benzene rings is 3. The minimum Gasteiger partial charge on any atom is -0.507 e. The molecule has 0 saturated heterocycles. The van der Waals surface area contributed by atoms with Crippen LogP contribution in [-0.4, -0.2) is 32.4 Å². The summed E-state index contributed by atoms with van der Waals surface area (Å²) in [4.78, 5) is 14.3. The number of aromatic nitrogens is 3. The molecule has 6 heteroatoms. The first-order chi connectivity index (χ1) is 16.2. The van der Waals surface area contributed by atoms with Crippen LogP contribution in [0.1, 0.15) is 31.4 Å². The van der Waals surface area contributed by atoms with Crippen molar-refractivity contribution in [3.63, 3.8) is 0 Å². The molecule has 4 aromatic rings. The lowest BCUT2D eigenvalue weighted by Crippen LogP contribution is -2.04. The topological polar surface area (TPSA) is 68.1 Å². The van der Waals surface area contributed by atoms with E-state index in [0.717, 1.165) is 24.2 Å². The highest BCUT2D eigenvalue weighted by molar-refractivity contribution is 7.99. The lowest BCUT2D eigenvalue weighted by Gasteiger charge is -2.18. The summed E-state index contributed by atoms with van der Waals surface area (Å²) in [5, 5.41) is 13.8. The molecule has 0 aliphatic heterocycles. The van der Waals surface area contributed by atoms with Crippen molar-refractivity contribution in [3.8, 4) is 34.3 Å². The quantitative estimate of drug-likeness (QED) is 0.333. The van der Waals surface area contributed by atoms with Gasteiger partial charge >= 0.3 is 0 Å². The van der Waals surface area contributed by atoms with E-state index in [1.807, 2.05) is 13.0 Å². The van der Waals surface area contributed by atoms with Crippen LogP contribution in [-0.2, 0) is 6.42 Å². The monoisotopic (exact) mass is 455 g/mol. The molecule has 0 fully saturated rings. The molecule has 0 unspecified atom stereocenters. The third-order valence-electron chi connectivity index (χ3n) is 5.70. The van der Waals surface area contributed by atoms with Gasteiger partial charge in [0.15, 0.2) is 16.8 Å². The van der Waals surface area contributed by atoms with Crippen molar-refractivity contribution in [1.29, 1.82) is 0 Å². The molecule has 0 atom stereocenters. The number of hydrogen-bond donors (Lipinski definition) is 1. The summed E-state index contributed by atoms with van der Waals surface area (Å²) in [5.74, 6) is 2.63. The summed E-state index contributed by atoms with van der Waals surface area (Å²) in [7, 11) is 0. The molecule has 166 valence electrons. The van der Waals surface area contributed by atoms with E-state index < -0.39 is 0 Å². The molecule has 1 heterocycles. The molecule has 1 aliphatic carbocycles. The van der Waals surface area contributed by atoms with E-state index in [1.165, 1.54) is 21.9 Å². The van der Waals surface area contributed by atoms with Gasteiger partial charge < -0.3 is 9.84 Å². The first-order valence-electron chi connectivity index (χ1n) is 11.2. The highest BCUT2D eigenvalue weighted by Crippen LogP contribution is 2.37. The van der Waals surface area contributed by atoms with Crippen LogP contribution in [0, 0.1) is 0 Å². The van der Waals surface area contributed by atoms with Gasteiger partial charge in [-0.15, -0.1) is 0 Å². The fourth-order valence-electron chi connectivity index (χ4n) is 4.26. The number of allylic oxidation sites excluding steroid dienone is 1. The van der Waals surface area contributed by atoms with Gasteiger partial charge in [0.05, 0.1) is 12.2 Å². The zero-order chi connectivity index (χ0) is 22.8. The van der Waals surface area contributed by atoms with Gasteiger partial charge in [-0.05, 0) is 65.6 Å². The Balaban J connectivity index is 1.71. The van der Waals surface area contributed by atoms with Crippen LogP contribution in [0.15, 0.2) is 59.8 Å². The molecule has 5 nitrogen and oxygen atoms in total. The molecule has 0 bridgehead atoms. The normalized spacial score (nSPS) is 12.7. The molecule has 0 spiro atoms. The van der Waals surface area contributed by atoms with Crippen LogP contribution < -0.4 is 4.74 Å². The average molecular weight is 456 g/mol. The Kier molecular flexibility index (Phi) is 6.01. The van der Waals surface area contributed by atoms with Gasteiger partial charge in [-0.2, -0.15) is 0 Å². The second-order valence-corrected chi connectivity index (χ2v) is 9.02. The van der Waals surface area contributed by atoms with Crippen molar-refractivity contribution in [2.24, 2.45) is 0 Å². The number of aromatic hydroxyl groups is 1. The van der Waals surface area contributed by atoms with Crippen molar-refractivity contribution in [2.75, 3.05) is 12.4 Å². The number of ether oxygens (including phenoxy) is 1. The number of phenolic OH excluding ortho intramolecular Hbond substituents is 1. The van der Waals surface area contributed by atoms with Gasteiger partial charge in [0.2, 0.25) is 0 Å². The number of fused-ring (bicyclic) bond motifs is 3. The molecule has 0 saturated carbocycles. The predicted octanol–water partition coefficient (Wildman–Crippen LogP) is 6.53. The molecule has 0 amide bonds. The fraction of sp³-hybridized carbons (Fsp3) is 0.222. The van der Waals surface area contributed by atoms with Crippen LogP contribution >= 0.6 is 11.8 Å². The fourth-order valence-corrected chi connectivity index (χ4v) is 4.82. The Labute approximate surface area is 197 Å². The molecule has 1 N–H and O–H groups in total. The number of hydrogen-bond acceptors (Lipinski definition) is 6. The van der Waals surface area contributed by atoms with Gasteiger partial charge in [-0.3, -0.25) is 0 Å². The van der Waals surface area contributed by atoms with Crippen LogP contribution in [0.25, 0.3) is 39.6 Å². The molecule has 1 aliphatic rings. The van der Waals surface area contributed by atoms with Gasteiger partial charge in [-0.1, -0.05) is 55.1 Å². The zero-order valence-corrected chi connectivity index (χ0v) is 19.5. The van der Waals surface area contributed by atoms with Gasteiger partial charge in [0.25, 0.3) is 0 Å². The maximum atomic E-state index is 10.7. The van der Waals surface area contributed by atoms with Gasteiger partial charge in [-0.25, -0.2) is 15.0 Å². The van der Waals surface area contributed by atoms with E-state index in [-0.39, 0.29) is 5.75 Å². The SMILES string of the molecule is CCOc1ccc(-c2nc(SCC)nc(-c3cc4ccccc4c4c3C=CCC4)n2)c(O)c1. The Morgan fingerprint density at radius 3 is 2.58 bits per heavy atom. The minimum atomic E-state index is 0.0889. The number of nitrogens with zero attached hydrogens (tertiary/aromatic N) is 3. The predicted molar refractivity (Wildman–Crippen MR) is 135 cm³/mol. The van der Waals surface area contributed by atoms with E-state index in [0.29, 0.717) is 34.7 Å². The number of thioether (sulfide) groups is 1.